The molecule has 0 aliphatic rings. The van der Waals surface area contributed by atoms with Crippen molar-refractivity contribution in [3.63, 3.8) is 0 Å². The maximum atomic E-state index is 12.9. The number of aryl methyl sites for hydroxylation is 1. The molecule has 0 atom stereocenters. The molecule has 3 aromatic carbocycles. The van der Waals surface area contributed by atoms with Gasteiger partial charge in [-0.3, -0.25) is 9.59 Å². The van der Waals surface area contributed by atoms with Crippen LogP contribution < -0.4 is 10.6 Å². The Balaban J connectivity index is 1.48. The molecule has 6 nitrogen and oxygen atoms in total. The molecular formula is C25H22N4O2. The SMILES string of the molecule is Cc1nn(-c2ccccc2)c(C)c1C(=O)C(=O)Nc1ccc(Nc2ccccc2)cc1. The highest BCUT2D eigenvalue weighted by Crippen LogP contribution is 2.21. The van der Waals surface area contributed by atoms with Crippen LogP contribution in [0.1, 0.15) is 21.7 Å². The summed E-state index contributed by atoms with van der Waals surface area (Å²) in [6.45, 7) is 3.52. The van der Waals surface area contributed by atoms with Crippen LogP contribution in [0.25, 0.3) is 5.69 Å². The number of amides is 1. The number of hydrogen-bond acceptors (Lipinski definition) is 4. The van der Waals surface area contributed by atoms with Crippen LogP contribution in [0.3, 0.4) is 0 Å². The monoisotopic (exact) mass is 410 g/mol. The number of nitrogens with one attached hydrogen (secondary N) is 2. The predicted molar refractivity (Wildman–Crippen MR) is 122 cm³/mol. The largest absolute Gasteiger partial charge is 0.356 e. The summed E-state index contributed by atoms with van der Waals surface area (Å²) in [6.07, 6.45) is 0. The van der Waals surface area contributed by atoms with Gasteiger partial charge < -0.3 is 10.6 Å². The molecule has 0 unspecified atom stereocenters. The maximum Gasteiger partial charge on any atom is 0.296 e. The van der Waals surface area contributed by atoms with Crippen molar-refractivity contribution in [1.82, 2.24) is 9.78 Å². The van der Waals surface area contributed by atoms with E-state index in [0.717, 1.165) is 17.1 Å². The van der Waals surface area contributed by atoms with Gasteiger partial charge in [0.2, 0.25) is 0 Å². The van der Waals surface area contributed by atoms with Gasteiger partial charge in [0.1, 0.15) is 0 Å². The molecule has 0 aliphatic heterocycles. The van der Waals surface area contributed by atoms with Crippen LogP contribution in [0.5, 0.6) is 0 Å². The Kier molecular flexibility index (Phi) is 5.62. The number of carbonyl (C=O) groups is 2. The minimum atomic E-state index is -0.692. The van der Waals surface area contributed by atoms with Crippen molar-refractivity contribution in [1.29, 1.82) is 0 Å². The summed E-state index contributed by atoms with van der Waals surface area (Å²) < 4.78 is 1.68. The summed E-state index contributed by atoms with van der Waals surface area (Å²) in [5, 5.41) is 10.4. The quantitative estimate of drug-likeness (QED) is 0.344. The highest BCUT2D eigenvalue weighted by molar-refractivity contribution is 6.47. The Morgan fingerprint density at radius 2 is 1.29 bits per heavy atom. The molecule has 2 N–H and O–H groups in total. The van der Waals surface area contributed by atoms with Crippen LogP contribution in [0, 0.1) is 13.8 Å². The molecule has 0 spiro atoms. The number of anilines is 3. The van der Waals surface area contributed by atoms with Crippen molar-refractivity contribution in [3.05, 3.63) is 102 Å². The molecule has 0 fully saturated rings. The predicted octanol–water partition coefficient (Wildman–Crippen LogP) is 5.05. The van der Waals surface area contributed by atoms with E-state index in [2.05, 4.69) is 15.7 Å². The topological polar surface area (TPSA) is 76.0 Å². The molecule has 0 radical (unpaired) electrons. The van der Waals surface area contributed by atoms with Crippen LogP contribution in [-0.2, 0) is 4.79 Å². The number of carbonyl (C=O) groups excluding carboxylic acids is 2. The van der Waals surface area contributed by atoms with Gasteiger partial charge in [-0.2, -0.15) is 5.10 Å². The van der Waals surface area contributed by atoms with Gasteiger partial charge in [-0.1, -0.05) is 36.4 Å². The standard InChI is InChI=1S/C25H22N4O2/c1-17-23(18(2)29(28-17)22-11-7-4-8-12-22)24(30)25(31)27-21-15-13-20(14-16-21)26-19-9-5-3-6-10-19/h3-16,26H,1-2H3,(H,27,31). The second-order valence-corrected chi connectivity index (χ2v) is 7.14. The molecule has 154 valence electrons. The molecule has 1 amide bonds. The van der Waals surface area contributed by atoms with E-state index in [0.29, 0.717) is 22.6 Å². The molecule has 0 bridgehead atoms. The van der Waals surface area contributed by atoms with Crippen LogP contribution in [0.2, 0.25) is 0 Å². The minimum Gasteiger partial charge on any atom is -0.356 e. The van der Waals surface area contributed by atoms with Crippen molar-refractivity contribution < 1.29 is 9.59 Å². The number of aromatic nitrogens is 2. The average Bonchev–Trinajstić information content (AvgIpc) is 3.09. The summed E-state index contributed by atoms with van der Waals surface area (Å²) in [5.74, 6) is -1.30. The minimum absolute atomic E-state index is 0.323. The van der Waals surface area contributed by atoms with Gasteiger partial charge in [-0.15, -0.1) is 0 Å². The fraction of sp³-hybridized carbons (Fsp3) is 0.0800. The molecule has 4 aromatic rings. The number of nitrogens with zero attached hydrogens (tertiary/aromatic N) is 2. The number of hydrogen-bond donors (Lipinski definition) is 2. The van der Waals surface area contributed by atoms with Gasteiger partial charge in [-0.05, 0) is 62.4 Å². The Labute approximate surface area is 180 Å². The fourth-order valence-electron chi connectivity index (χ4n) is 3.42. The lowest BCUT2D eigenvalue weighted by atomic mass is 10.1. The molecule has 0 saturated carbocycles. The van der Waals surface area contributed by atoms with Gasteiger partial charge in [0.15, 0.2) is 0 Å². The zero-order valence-electron chi connectivity index (χ0n) is 17.3. The van der Waals surface area contributed by atoms with Crippen molar-refractivity contribution in [2.45, 2.75) is 13.8 Å². The lowest BCUT2D eigenvalue weighted by Gasteiger charge is -2.09. The smallest absolute Gasteiger partial charge is 0.296 e. The third-order valence-corrected chi connectivity index (χ3v) is 4.93. The van der Waals surface area contributed by atoms with E-state index in [1.165, 1.54) is 0 Å². The Morgan fingerprint density at radius 1 is 0.742 bits per heavy atom. The highest BCUT2D eigenvalue weighted by Gasteiger charge is 2.25. The fourth-order valence-corrected chi connectivity index (χ4v) is 3.42. The number of ketones is 1. The first-order chi connectivity index (χ1) is 15.0. The first-order valence-electron chi connectivity index (χ1n) is 9.92. The van der Waals surface area contributed by atoms with Crippen LogP contribution in [-0.4, -0.2) is 21.5 Å². The Bertz CT molecular complexity index is 1210. The van der Waals surface area contributed by atoms with Crippen LogP contribution >= 0.6 is 0 Å². The average molecular weight is 410 g/mol. The zero-order chi connectivity index (χ0) is 21.8. The van der Waals surface area contributed by atoms with Crippen LogP contribution in [0.4, 0.5) is 17.1 Å². The van der Waals surface area contributed by atoms with Gasteiger partial charge in [0, 0.05) is 17.1 Å². The first kappa shape index (κ1) is 20.1. The van der Waals surface area contributed by atoms with E-state index < -0.39 is 11.7 Å². The van der Waals surface area contributed by atoms with Gasteiger partial charge >= 0.3 is 0 Å². The molecule has 1 heterocycles. The number of Topliss-reactive ketones (excluding diaryl/α,β-unsaturated/α-hetero) is 1. The van der Waals surface area contributed by atoms with E-state index in [1.54, 1.807) is 30.7 Å². The lowest BCUT2D eigenvalue weighted by Crippen LogP contribution is -2.24. The number of para-hydroxylation sites is 2. The molecule has 31 heavy (non-hydrogen) atoms. The highest BCUT2D eigenvalue weighted by atomic mass is 16.2. The van der Waals surface area contributed by atoms with Crippen molar-refractivity contribution in [3.8, 4) is 5.69 Å². The lowest BCUT2D eigenvalue weighted by molar-refractivity contribution is -0.112. The number of benzene rings is 3. The zero-order valence-corrected chi connectivity index (χ0v) is 17.3. The van der Waals surface area contributed by atoms with Gasteiger partial charge in [0.05, 0.1) is 22.6 Å². The van der Waals surface area contributed by atoms with E-state index in [4.69, 9.17) is 0 Å². The molecule has 6 heteroatoms. The van der Waals surface area contributed by atoms with Gasteiger partial charge in [0.25, 0.3) is 11.7 Å². The van der Waals surface area contributed by atoms with Crippen molar-refractivity contribution in [2.75, 3.05) is 10.6 Å². The third-order valence-electron chi connectivity index (χ3n) is 4.93. The van der Waals surface area contributed by atoms with Gasteiger partial charge in [-0.25, -0.2) is 4.68 Å². The normalized spacial score (nSPS) is 10.5. The van der Waals surface area contributed by atoms with E-state index >= 15 is 0 Å². The molecule has 0 aliphatic carbocycles. The second kappa shape index (κ2) is 8.67. The summed E-state index contributed by atoms with van der Waals surface area (Å²) in [6, 6.07) is 26.5. The van der Waals surface area contributed by atoms with E-state index in [1.807, 2.05) is 72.8 Å². The number of rotatable bonds is 6. The summed E-state index contributed by atoms with van der Waals surface area (Å²) in [4.78, 5) is 25.5. The second-order valence-electron chi connectivity index (χ2n) is 7.14. The van der Waals surface area contributed by atoms with E-state index in [-0.39, 0.29) is 0 Å². The third kappa shape index (κ3) is 4.38. The van der Waals surface area contributed by atoms with Crippen LogP contribution in [0.15, 0.2) is 84.9 Å². The van der Waals surface area contributed by atoms with Crippen molar-refractivity contribution >= 4 is 28.8 Å². The summed E-state index contributed by atoms with van der Waals surface area (Å²) in [5.41, 5.74) is 4.70. The first-order valence-corrected chi connectivity index (χ1v) is 9.92. The molecular weight excluding hydrogens is 388 g/mol. The molecule has 0 saturated heterocycles. The molecule has 1 aromatic heterocycles. The van der Waals surface area contributed by atoms with Crippen molar-refractivity contribution in [2.24, 2.45) is 0 Å². The Hall–Kier alpha value is -4.19. The Morgan fingerprint density at radius 3 is 1.94 bits per heavy atom. The maximum absolute atomic E-state index is 12.9. The van der Waals surface area contributed by atoms with E-state index in [9.17, 15) is 9.59 Å². The molecule has 4 rings (SSSR count). The summed E-state index contributed by atoms with van der Waals surface area (Å²) in [7, 11) is 0. The summed E-state index contributed by atoms with van der Waals surface area (Å²) >= 11 is 0.